The van der Waals surface area contributed by atoms with Crippen LogP contribution in [0.15, 0.2) is 77.8 Å². The monoisotopic (exact) mass is 356 g/mol. The van der Waals surface area contributed by atoms with Gasteiger partial charge in [0, 0.05) is 11.3 Å². The van der Waals surface area contributed by atoms with E-state index in [4.69, 9.17) is 0 Å². The highest BCUT2D eigenvalue weighted by Crippen LogP contribution is 2.26. The maximum absolute atomic E-state index is 4.44. The summed E-state index contributed by atoms with van der Waals surface area (Å²) in [6.07, 6.45) is 0. The molecule has 0 N–H and O–H groups in total. The molecule has 0 bridgehead atoms. The van der Waals surface area contributed by atoms with Crippen molar-refractivity contribution in [1.82, 2.24) is 10.2 Å². The third-order valence-electron chi connectivity index (χ3n) is 4.57. The Bertz CT molecular complexity index is 1060. The van der Waals surface area contributed by atoms with E-state index in [1.54, 1.807) is 11.8 Å². The maximum Gasteiger partial charge on any atom is 0.119 e. The number of rotatable bonds is 4. The minimum absolute atomic E-state index is 0.909. The molecule has 1 heterocycles. The van der Waals surface area contributed by atoms with E-state index in [-0.39, 0.29) is 0 Å². The zero-order chi connectivity index (χ0) is 17.9. The molecule has 4 rings (SSSR count). The second-order valence-electron chi connectivity index (χ2n) is 6.54. The van der Waals surface area contributed by atoms with Crippen LogP contribution in [-0.4, -0.2) is 10.2 Å². The highest BCUT2D eigenvalue weighted by Gasteiger charge is 2.05. The lowest BCUT2D eigenvalue weighted by atomic mass is 10.1. The lowest BCUT2D eigenvalue weighted by Crippen LogP contribution is -1.92. The number of aromatic nitrogens is 2. The van der Waals surface area contributed by atoms with Crippen LogP contribution in [0.2, 0.25) is 0 Å². The third-order valence-corrected chi connectivity index (χ3v) is 5.53. The van der Waals surface area contributed by atoms with E-state index in [0.29, 0.717) is 0 Å². The summed E-state index contributed by atoms with van der Waals surface area (Å²) in [5, 5.41) is 12.3. The Labute approximate surface area is 158 Å². The number of fused-ring (bicyclic) bond motifs is 1. The van der Waals surface area contributed by atoms with E-state index in [1.807, 2.05) is 0 Å². The summed E-state index contributed by atoms with van der Waals surface area (Å²) < 4.78 is 0. The Balaban J connectivity index is 1.51. The normalized spacial score (nSPS) is 11.0. The average Bonchev–Trinajstić information content (AvgIpc) is 2.69. The highest BCUT2D eigenvalue weighted by molar-refractivity contribution is 7.98. The molecular weight excluding hydrogens is 336 g/mol. The molecule has 4 aromatic rings. The number of hydrogen-bond donors (Lipinski definition) is 0. The van der Waals surface area contributed by atoms with E-state index >= 15 is 0 Å². The zero-order valence-corrected chi connectivity index (χ0v) is 15.8. The van der Waals surface area contributed by atoms with Crippen LogP contribution in [0.4, 0.5) is 0 Å². The fourth-order valence-corrected chi connectivity index (χ4v) is 3.88. The van der Waals surface area contributed by atoms with Gasteiger partial charge in [0.15, 0.2) is 0 Å². The first kappa shape index (κ1) is 16.8. The molecule has 3 heteroatoms. The quantitative estimate of drug-likeness (QED) is 0.407. The number of benzene rings is 3. The van der Waals surface area contributed by atoms with Gasteiger partial charge in [-0.25, -0.2) is 0 Å². The minimum Gasteiger partial charge on any atom is -0.149 e. The van der Waals surface area contributed by atoms with Gasteiger partial charge in [-0.1, -0.05) is 71.9 Å². The first-order chi connectivity index (χ1) is 12.7. The summed E-state index contributed by atoms with van der Waals surface area (Å²) in [7, 11) is 0. The Hall–Kier alpha value is -2.65. The van der Waals surface area contributed by atoms with Gasteiger partial charge in [0.05, 0.1) is 5.69 Å². The molecule has 0 spiro atoms. The van der Waals surface area contributed by atoms with Gasteiger partial charge in [0.25, 0.3) is 0 Å². The summed E-state index contributed by atoms with van der Waals surface area (Å²) in [6, 6.07) is 25.5. The molecule has 26 heavy (non-hydrogen) atoms. The molecule has 0 radical (unpaired) electrons. The van der Waals surface area contributed by atoms with Gasteiger partial charge in [0.2, 0.25) is 0 Å². The van der Waals surface area contributed by atoms with Gasteiger partial charge in [0.1, 0.15) is 5.03 Å². The van der Waals surface area contributed by atoms with Crippen LogP contribution in [-0.2, 0) is 5.75 Å². The van der Waals surface area contributed by atoms with Crippen LogP contribution in [0, 0.1) is 13.8 Å². The minimum atomic E-state index is 0.909. The van der Waals surface area contributed by atoms with Crippen molar-refractivity contribution in [2.45, 2.75) is 24.6 Å². The predicted octanol–water partition coefficient (Wildman–Crippen LogP) is 6.21. The van der Waals surface area contributed by atoms with E-state index in [1.165, 1.54) is 27.5 Å². The molecule has 0 amide bonds. The maximum atomic E-state index is 4.44. The van der Waals surface area contributed by atoms with Gasteiger partial charge in [-0.3, -0.25) is 0 Å². The van der Waals surface area contributed by atoms with Crippen LogP contribution >= 0.6 is 11.8 Å². The molecule has 0 atom stereocenters. The van der Waals surface area contributed by atoms with Crippen molar-refractivity contribution >= 4 is 22.5 Å². The fraction of sp³-hybridized carbons (Fsp3) is 0.130. The van der Waals surface area contributed by atoms with Crippen LogP contribution in [0.25, 0.3) is 22.0 Å². The van der Waals surface area contributed by atoms with Crippen molar-refractivity contribution in [1.29, 1.82) is 0 Å². The summed E-state index contributed by atoms with van der Waals surface area (Å²) in [5.74, 6) is 0.914. The predicted molar refractivity (Wildman–Crippen MR) is 110 cm³/mol. The van der Waals surface area contributed by atoms with Gasteiger partial charge in [-0.05, 0) is 53.9 Å². The van der Waals surface area contributed by atoms with Gasteiger partial charge < -0.3 is 0 Å². The molecule has 0 aliphatic rings. The average molecular weight is 356 g/mol. The van der Waals surface area contributed by atoms with E-state index < -0.39 is 0 Å². The Morgan fingerprint density at radius 2 is 1.62 bits per heavy atom. The lowest BCUT2D eigenvalue weighted by Gasteiger charge is -2.07. The molecule has 3 aromatic carbocycles. The Morgan fingerprint density at radius 3 is 2.42 bits per heavy atom. The smallest absolute Gasteiger partial charge is 0.119 e. The van der Waals surface area contributed by atoms with Crippen LogP contribution < -0.4 is 0 Å². The summed E-state index contributed by atoms with van der Waals surface area (Å²) in [4.78, 5) is 0. The fourth-order valence-electron chi connectivity index (χ4n) is 3.01. The Morgan fingerprint density at radius 1 is 0.769 bits per heavy atom. The van der Waals surface area contributed by atoms with Gasteiger partial charge >= 0.3 is 0 Å². The molecule has 0 aliphatic carbocycles. The molecular formula is C23H20N2S. The summed E-state index contributed by atoms with van der Waals surface area (Å²) >= 11 is 1.73. The topological polar surface area (TPSA) is 25.8 Å². The second-order valence-corrected chi connectivity index (χ2v) is 7.53. The van der Waals surface area contributed by atoms with Crippen LogP contribution in [0.3, 0.4) is 0 Å². The summed E-state index contributed by atoms with van der Waals surface area (Å²) in [5.41, 5.74) is 5.98. The van der Waals surface area contributed by atoms with E-state index in [0.717, 1.165) is 22.0 Å². The molecule has 0 saturated carbocycles. The molecule has 1 aromatic heterocycles. The number of aryl methyl sites for hydroxylation is 2. The number of nitrogens with zero attached hydrogens (tertiary/aromatic N) is 2. The largest absolute Gasteiger partial charge is 0.149 e. The number of thioether (sulfide) groups is 1. The molecule has 2 nitrogen and oxygen atoms in total. The van der Waals surface area contributed by atoms with Crippen molar-refractivity contribution in [2.24, 2.45) is 0 Å². The van der Waals surface area contributed by atoms with Crippen molar-refractivity contribution in [2.75, 3.05) is 0 Å². The van der Waals surface area contributed by atoms with Crippen molar-refractivity contribution in [3.05, 3.63) is 89.5 Å². The second kappa shape index (κ2) is 7.30. The first-order valence-electron chi connectivity index (χ1n) is 8.71. The van der Waals surface area contributed by atoms with Crippen molar-refractivity contribution < 1.29 is 0 Å². The molecule has 128 valence electrons. The summed E-state index contributed by atoms with van der Waals surface area (Å²) in [6.45, 7) is 4.29. The molecule has 0 saturated heterocycles. The van der Waals surface area contributed by atoms with Crippen molar-refractivity contribution in [3.63, 3.8) is 0 Å². The molecule has 0 aliphatic heterocycles. The number of hydrogen-bond acceptors (Lipinski definition) is 3. The van der Waals surface area contributed by atoms with E-state index in [9.17, 15) is 0 Å². The first-order valence-corrected chi connectivity index (χ1v) is 9.69. The standard InChI is InChI=1S/C23H20N2S/c1-16-7-8-17(2)21(13-16)15-26-23-12-11-22(24-25-23)20-10-9-18-5-3-4-6-19(18)14-20/h3-14H,15H2,1-2H3. The van der Waals surface area contributed by atoms with Gasteiger partial charge in [-0.2, -0.15) is 0 Å². The van der Waals surface area contributed by atoms with Crippen LogP contribution in [0.1, 0.15) is 16.7 Å². The van der Waals surface area contributed by atoms with Crippen LogP contribution in [0.5, 0.6) is 0 Å². The molecule has 0 fully saturated rings. The third kappa shape index (κ3) is 3.63. The Kier molecular flexibility index (Phi) is 4.72. The zero-order valence-electron chi connectivity index (χ0n) is 14.9. The lowest BCUT2D eigenvalue weighted by molar-refractivity contribution is 0.935. The van der Waals surface area contributed by atoms with Gasteiger partial charge in [-0.15, -0.1) is 10.2 Å². The van der Waals surface area contributed by atoms with Crippen molar-refractivity contribution in [3.8, 4) is 11.3 Å². The highest BCUT2D eigenvalue weighted by atomic mass is 32.2. The SMILES string of the molecule is Cc1ccc(C)c(CSc2ccc(-c3ccc4ccccc4c3)nn2)c1. The van der Waals surface area contributed by atoms with E-state index in [2.05, 4.69) is 96.8 Å². The molecule has 0 unspecified atom stereocenters.